The number of cyclic esters (lactones) is 1. The molecule has 3 N–H and O–H groups in total. The fraction of sp³-hybridized carbons (Fsp3) is 0.462. The SMILES string of the molecule is CNCC1CN(c2ccc(NCCO)c(F)c2)C(=O)O1. The van der Waals surface area contributed by atoms with Gasteiger partial charge < -0.3 is 20.5 Å². The number of anilines is 2. The molecule has 110 valence electrons. The highest BCUT2D eigenvalue weighted by Gasteiger charge is 2.32. The Balaban J connectivity index is 2.09. The zero-order chi connectivity index (χ0) is 14.5. The number of benzene rings is 1. The second-order valence-corrected chi connectivity index (χ2v) is 4.49. The molecule has 1 unspecified atom stereocenters. The molecule has 2 rings (SSSR count). The molecule has 20 heavy (non-hydrogen) atoms. The summed E-state index contributed by atoms with van der Waals surface area (Å²) in [5.74, 6) is -0.471. The number of amides is 1. The Bertz CT molecular complexity index is 484. The van der Waals surface area contributed by atoms with E-state index in [0.717, 1.165) is 0 Å². The summed E-state index contributed by atoms with van der Waals surface area (Å²) in [6, 6.07) is 4.47. The summed E-state index contributed by atoms with van der Waals surface area (Å²) in [7, 11) is 1.78. The van der Waals surface area contributed by atoms with E-state index in [4.69, 9.17) is 9.84 Å². The average Bonchev–Trinajstić information content (AvgIpc) is 2.79. The van der Waals surface area contributed by atoms with Crippen LogP contribution in [0.4, 0.5) is 20.6 Å². The monoisotopic (exact) mass is 283 g/mol. The highest BCUT2D eigenvalue weighted by molar-refractivity contribution is 5.90. The van der Waals surface area contributed by atoms with Crippen LogP contribution < -0.4 is 15.5 Å². The van der Waals surface area contributed by atoms with Gasteiger partial charge in [0.15, 0.2) is 0 Å². The van der Waals surface area contributed by atoms with Crippen LogP contribution in [0.1, 0.15) is 0 Å². The fourth-order valence-corrected chi connectivity index (χ4v) is 2.07. The molecule has 1 aromatic carbocycles. The lowest BCUT2D eigenvalue weighted by atomic mass is 10.2. The number of nitrogens with one attached hydrogen (secondary N) is 2. The first-order valence-electron chi connectivity index (χ1n) is 6.42. The van der Waals surface area contributed by atoms with Crippen LogP contribution in [-0.4, -0.2) is 50.6 Å². The molecule has 1 aliphatic heterocycles. The maximum absolute atomic E-state index is 13.9. The molecule has 1 aromatic rings. The lowest BCUT2D eigenvalue weighted by molar-refractivity contribution is 0.141. The van der Waals surface area contributed by atoms with Gasteiger partial charge >= 0.3 is 6.09 Å². The molecule has 1 aliphatic rings. The van der Waals surface area contributed by atoms with Crippen molar-refractivity contribution in [2.24, 2.45) is 0 Å². The van der Waals surface area contributed by atoms with Crippen LogP contribution in [0.15, 0.2) is 18.2 Å². The normalized spacial score (nSPS) is 18.2. The van der Waals surface area contributed by atoms with Crippen LogP contribution in [0.3, 0.4) is 0 Å². The predicted molar refractivity (Wildman–Crippen MR) is 73.5 cm³/mol. The van der Waals surface area contributed by atoms with E-state index >= 15 is 0 Å². The Hall–Kier alpha value is -1.86. The Morgan fingerprint density at radius 1 is 1.55 bits per heavy atom. The van der Waals surface area contributed by atoms with Gasteiger partial charge in [-0.25, -0.2) is 9.18 Å². The van der Waals surface area contributed by atoms with Gasteiger partial charge in [-0.15, -0.1) is 0 Å². The third-order valence-corrected chi connectivity index (χ3v) is 3.00. The summed E-state index contributed by atoms with van der Waals surface area (Å²) in [4.78, 5) is 13.1. The van der Waals surface area contributed by atoms with Crippen molar-refractivity contribution in [3.05, 3.63) is 24.0 Å². The topological polar surface area (TPSA) is 73.8 Å². The first-order valence-corrected chi connectivity index (χ1v) is 6.42. The molecule has 0 bridgehead atoms. The standard InChI is InChI=1S/C13H18FN3O3/c1-15-7-10-8-17(13(19)20-10)9-2-3-12(11(14)6-9)16-4-5-18/h2-3,6,10,15-16,18H,4-5,7-8H2,1H3. The zero-order valence-corrected chi connectivity index (χ0v) is 11.2. The Morgan fingerprint density at radius 3 is 3.00 bits per heavy atom. The van der Waals surface area contributed by atoms with Gasteiger partial charge in [-0.2, -0.15) is 0 Å². The zero-order valence-electron chi connectivity index (χ0n) is 11.2. The first-order chi connectivity index (χ1) is 9.65. The number of aliphatic hydroxyl groups excluding tert-OH is 1. The molecule has 6 nitrogen and oxygen atoms in total. The fourth-order valence-electron chi connectivity index (χ4n) is 2.07. The quantitative estimate of drug-likeness (QED) is 0.719. The number of rotatable bonds is 6. The number of likely N-dealkylation sites (N-methyl/N-ethyl adjacent to an activating group) is 1. The summed E-state index contributed by atoms with van der Waals surface area (Å²) in [6.45, 7) is 1.14. The van der Waals surface area contributed by atoms with Crippen molar-refractivity contribution >= 4 is 17.5 Å². The Morgan fingerprint density at radius 2 is 2.35 bits per heavy atom. The van der Waals surface area contributed by atoms with Gasteiger partial charge in [0.2, 0.25) is 0 Å². The molecule has 0 saturated carbocycles. The molecular formula is C13H18FN3O3. The molecule has 1 fully saturated rings. The molecule has 0 radical (unpaired) electrons. The molecule has 1 saturated heterocycles. The van der Waals surface area contributed by atoms with Crippen LogP contribution >= 0.6 is 0 Å². The number of ether oxygens (including phenoxy) is 1. The molecule has 1 heterocycles. The number of hydrogen-bond acceptors (Lipinski definition) is 5. The van der Waals surface area contributed by atoms with Crippen molar-refractivity contribution in [1.29, 1.82) is 0 Å². The molecule has 1 amide bonds. The van der Waals surface area contributed by atoms with E-state index in [0.29, 0.717) is 24.5 Å². The van der Waals surface area contributed by atoms with E-state index in [1.165, 1.54) is 11.0 Å². The minimum Gasteiger partial charge on any atom is -0.443 e. The predicted octanol–water partition coefficient (Wildman–Crippen LogP) is 0.774. The second-order valence-electron chi connectivity index (χ2n) is 4.49. The maximum atomic E-state index is 13.9. The third kappa shape index (κ3) is 3.17. The summed E-state index contributed by atoms with van der Waals surface area (Å²) < 4.78 is 19.0. The van der Waals surface area contributed by atoms with Gasteiger partial charge in [0.1, 0.15) is 11.9 Å². The second kappa shape index (κ2) is 6.53. The van der Waals surface area contributed by atoms with Gasteiger partial charge in [-0.3, -0.25) is 4.90 Å². The molecule has 7 heteroatoms. The van der Waals surface area contributed by atoms with Gasteiger partial charge in [0, 0.05) is 13.1 Å². The lowest BCUT2D eigenvalue weighted by Gasteiger charge is -2.14. The van der Waals surface area contributed by atoms with Crippen molar-refractivity contribution in [1.82, 2.24) is 5.32 Å². The highest BCUT2D eigenvalue weighted by atomic mass is 19.1. The van der Waals surface area contributed by atoms with Gasteiger partial charge in [-0.05, 0) is 25.2 Å². The van der Waals surface area contributed by atoms with Gasteiger partial charge in [-0.1, -0.05) is 0 Å². The molecule has 0 spiro atoms. The first kappa shape index (κ1) is 14.5. The van der Waals surface area contributed by atoms with Crippen molar-refractivity contribution in [3.63, 3.8) is 0 Å². The number of aliphatic hydroxyl groups is 1. The minimum absolute atomic E-state index is 0.0780. The minimum atomic E-state index is -0.472. The van der Waals surface area contributed by atoms with E-state index in [2.05, 4.69) is 10.6 Å². The number of hydrogen-bond donors (Lipinski definition) is 3. The van der Waals surface area contributed by atoms with Crippen molar-refractivity contribution in [3.8, 4) is 0 Å². The number of carbonyl (C=O) groups excluding carboxylic acids is 1. The summed E-state index contributed by atoms with van der Waals surface area (Å²) in [5.41, 5.74) is 0.753. The molecule has 1 atom stereocenters. The molecule has 0 aromatic heterocycles. The van der Waals surface area contributed by atoms with Crippen molar-refractivity contribution in [2.75, 3.05) is 43.5 Å². The summed E-state index contributed by atoms with van der Waals surface area (Å²) in [6.07, 6.45) is -0.705. The third-order valence-electron chi connectivity index (χ3n) is 3.00. The van der Waals surface area contributed by atoms with Crippen molar-refractivity contribution in [2.45, 2.75) is 6.10 Å². The Kier molecular flexibility index (Phi) is 4.75. The number of halogens is 1. The summed E-state index contributed by atoms with van der Waals surface area (Å²) in [5, 5.41) is 14.4. The smallest absolute Gasteiger partial charge is 0.414 e. The van der Waals surface area contributed by atoms with E-state index in [-0.39, 0.29) is 19.3 Å². The van der Waals surface area contributed by atoms with Gasteiger partial charge in [0.05, 0.1) is 24.5 Å². The van der Waals surface area contributed by atoms with E-state index in [1.54, 1.807) is 19.2 Å². The van der Waals surface area contributed by atoms with Crippen LogP contribution in [0.25, 0.3) is 0 Å². The highest BCUT2D eigenvalue weighted by Crippen LogP contribution is 2.25. The Labute approximate surface area is 116 Å². The largest absolute Gasteiger partial charge is 0.443 e. The van der Waals surface area contributed by atoms with E-state index in [9.17, 15) is 9.18 Å². The molecular weight excluding hydrogens is 265 g/mol. The maximum Gasteiger partial charge on any atom is 0.414 e. The van der Waals surface area contributed by atoms with E-state index < -0.39 is 11.9 Å². The van der Waals surface area contributed by atoms with Crippen molar-refractivity contribution < 1.29 is 19.0 Å². The van der Waals surface area contributed by atoms with E-state index in [1.807, 2.05) is 0 Å². The summed E-state index contributed by atoms with van der Waals surface area (Å²) >= 11 is 0. The van der Waals surface area contributed by atoms with Crippen LogP contribution in [0, 0.1) is 5.82 Å². The van der Waals surface area contributed by atoms with Crippen LogP contribution in [-0.2, 0) is 4.74 Å². The lowest BCUT2D eigenvalue weighted by Crippen LogP contribution is -2.29. The number of nitrogens with zero attached hydrogens (tertiary/aromatic N) is 1. The molecule has 0 aliphatic carbocycles. The van der Waals surface area contributed by atoms with Gasteiger partial charge in [0.25, 0.3) is 0 Å². The number of carbonyl (C=O) groups is 1. The van der Waals surface area contributed by atoms with Crippen LogP contribution in [0.2, 0.25) is 0 Å². The van der Waals surface area contributed by atoms with Crippen LogP contribution in [0.5, 0.6) is 0 Å². The average molecular weight is 283 g/mol.